The fraction of sp³-hybridized carbons (Fsp3) is 0.800. The lowest BCUT2D eigenvalue weighted by Crippen LogP contribution is -2.52. The topological polar surface area (TPSA) is 107 Å². The van der Waals surface area contributed by atoms with E-state index in [2.05, 4.69) is 5.32 Å². The van der Waals surface area contributed by atoms with Crippen LogP contribution in [0.5, 0.6) is 0 Å². The highest BCUT2D eigenvalue weighted by molar-refractivity contribution is 7.90. The van der Waals surface area contributed by atoms with Crippen molar-refractivity contribution in [1.29, 1.82) is 5.26 Å². The summed E-state index contributed by atoms with van der Waals surface area (Å²) >= 11 is 0. The zero-order chi connectivity index (χ0) is 18.0. The second kappa shape index (κ2) is 10.2. The number of likely N-dealkylation sites (N-methyl/N-ethyl adjacent to an activating group) is 1. The van der Waals surface area contributed by atoms with E-state index < -0.39 is 27.5 Å². The molecule has 0 aromatic heterocycles. The smallest absolute Gasteiger partial charge is 0.259 e. The molecule has 0 aromatic carbocycles. The molecular formula is C15H27N3O4S. The first kappa shape index (κ1) is 21.4. The summed E-state index contributed by atoms with van der Waals surface area (Å²) in [6.45, 7) is 5.66. The highest BCUT2D eigenvalue weighted by atomic mass is 32.2. The van der Waals surface area contributed by atoms with Crippen LogP contribution in [0.2, 0.25) is 0 Å². The van der Waals surface area contributed by atoms with Crippen LogP contribution in [0, 0.1) is 17.4 Å². The molecule has 0 fully saturated rings. The summed E-state index contributed by atoms with van der Waals surface area (Å²) in [5, 5.41) is 11.5. The number of carbonyl (C=O) groups is 2. The van der Waals surface area contributed by atoms with Gasteiger partial charge in [0.05, 0.1) is 5.75 Å². The lowest BCUT2D eigenvalue weighted by molar-refractivity contribution is -0.134. The monoisotopic (exact) mass is 345 g/mol. The first-order valence-corrected chi connectivity index (χ1v) is 9.95. The number of sulfone groups is 1. The Morgan fingerprint density at radius 2 is 1.70 bits per heavy atom. The summed E-state index contributed by atoms with van der Waals surface area (Å²) in [6, 6.07) is -1.23. The maximum atomic E-state index is 12.4. The Morgan fingerprint density at radius 1 is 1.17 bits per heavy atom. The molecule has 0 aliphatic carbocycles. The van der Waals surface area contributed by atoms with Gasteiger partial charge in [0, 0.05) is 18.7 Å². The number of hydrogen-bond donors (Lipinski definition) is 1. The summed E-state index contributed by atoms with van der Waals surface area (Å²) in [5.41, 5.74) is 0. The predicted molar refractivity (Wildman–Crippen MR) is 87.9 cm³/mol. The summed E-state index contributed by atoms with van der Waals surface area (Å²) in [4.78, 5) is 25.5. The number of carbonyl (C=O) groups excluding carboxylic acids is 2. The van der Waals surface area contributed by atoms with E-state index in [-0.39, 0.29) is 18.4 Å². The summed E-state index contributed by atoms with van der Waals surface area (Å²) < 4.78 is 23.1. The van der Waals surface area contributed by atoms with Crippen molar-refractivity contribution < 1.29 is 18.0 Å². The van der Waals surface area contributed by atoms with Gasteiger partial charge >= 0.3 is 0 Å². The molecule has 1 unspecified atom stereocenters. The number of nitriles is 1. The van der Waals surface area contributed by atoms with Crippen LogP contribution in [0.1, 0.15) is 46.5 Å². The van der Waals surface area contributed by atoms with Crippen LogP contribution < -0.4 is 5.32 Å². The van der Waals surface area contributed by atoms with Crippen LogP contribution in [0.25, 0.3) is 0 Å². The quantitative estimate of drug-likeness (QED) is 0.470. The molecule has 7 nitrogen and oxygen atoms in total. The Kier molecular flexibility index (Phi) is 9.49. The Hall–Kier alpha value is -1.62. The maximum absolute atomic E-state index is 12.4. The van der Waals surface area contributed by atoms with Gasteiger partial charge < -0.3 is 5.32 Å². The summed E-state index contributed by atoms with van der Waals surface area (Å²) in [6.07, 6.45) is 5.70. The van der Waals surface area contributed by atoms with E-state index in [0.717, 1.165) is 24.0 Å². The minimum Gasteiger partial charge on any atom is -0.343 e. The Morgan fingerprint density at radius 3 is 2.04 bits per heavy atom. The Balaban J connectivity index is 5.25. The van der Waals surface area contributed by atoms with E-state index in [1.165, 1.54) is 0 Å². The third-order valence-electron chi connectivity index (χ3n) is 3.43. The molecule has 0 aliphatic heterocycles. The summed E-state index contributed by atoms with van der Waals surface area (Å²) in [5.74, 6) is -1.79. The summed E-state index contributed by atoms with van der Waals surface area (Å²) in [7, 11) is -3.49. The molecule has 0 rings (SSSR count). The van der Waals surface area contributed by atoms with E-state index in [1.807, 2.05) is 13.8 Å². The van der Waals surface area contributed by atoms with Gasteiger partial charge in [0.15, 0.2) is 6.19 Å². The Bertz CT molecular complexity index is 533. The van der Waals surface area contributed by atoms with Crippen LogP contribution in [0.15, 0.2) is 0 Å². The third kappa shape index (κ3) is 7.98. The van der Waals surface area contributed by atoms with Crippen molar-refractivity contribution in [3.63, 3.8) is 0 Å². The molecule has 8 heteroatoms. The first-order chi connectivity index (χ1) is 10.7. The van der Waals surface area contributed by atoms with E-state index in [1.54, 1.807) is 13.1 Å². The molecule has 1 atom stereocenters. The van der Waals surface area contributed by atoms with E-state index in [0.29, 0.717) is 12.8 Å². The van der Waals surface area contributed by atoms with E-state index in [4.69, 9.17) is 5.26 Å². The molecule has 1 N–H and O–H groups in total. The molecule has 23 heavy (non-hydrogen) atoms. The highest BCUT2D eigenvalue weighted by Crippen LogP contribution is 2.14. The van der Waals surface area contributed by atoms with Gasteiger partial charge in [-0.25, -0.2) is 13.3 Å². The molecule has 0 saturated carbocycles. The van der Waals surface area contributed by atoms with Crippen LogP contribution in [-0.4, -0.2) is 49.7 Å². The van der Waals surface area contributed by atoms with Crippen molar-refractivity contribution in [2.45, 2.75) is 52.5 Å². The van der Waals surface area contributed by atoms with Gasteiger partial charge in [0.1, 0.15) is 15.9 Å². The number of nitrogens with zero attached hydrogens (tertiary/aromatic N) is 2. The normalized spacial score (nSPS) is 12.5. The fourth-order valence-electron chi connectivity index (χ4n) is 2.33. The molecule has 0 radical (unpaired) electrons. The number of amides is 2. The van der Waals surface area contributed by atoms with Gasteiger partial charge in [0.2, 0.25) is 5.91 Å². The van der Waals surface area contributed by atoms with Gasteiger partial charge in [-0.2, -0.15) is 5.26 Å². The third-order valence-corrected chi connectivity index (χ3v) is 4.37. The molecule has 2 amide bonds. The van der Waals surface area contributed by atoms with Gasteiger partial charge in [-0.05, 0) is 19.8 Å². The van der Waals surface area contributed by atoms with Crippen molar-refractivity contribution in [2.24, 2.45) is 5.92 Å². The molecule has 0 spiro atoms. The molecule has 0 bridgehead atoms. The van der Waals surface area contributed by atoms with Gasteiger partial charge in [-0.15, -0.1) is 0 Å². The van der Waals surface area contributed by atoms with Crippen molar-refractivity contribution in [2.75, 3.05) is 18.6 Å². The van der Waals surface area contributed by atoms with Gasteiger partial charge in [-0.1, -0.05) is 26.7 Å². The van der Waals surface area contributed by atoms with Crippen molar-refractivity contribution >= 4 is 21.7 Å². The van der Waals surface area contributed by atoms with E-state index >= 15 is 0 Å². The lowest BCUT2D eigenvalue weighted by Gasteiger charge is -2.23. The van der Waals surface area contributed by atoms with Crippen molar-refractivity contribution in [3.8, 4) is 6.19 Å². The zero-order valence-corrected chi connectivity index (χ0v) is 15.1. The minimum atomic E-state index is -3.49. The van der Waals surface area contributed by atoms with Crippen LogP contribution in [0.3, 0.4) is 0 Å². The highest BCUT2D eigenvalue weighted by Gasteiger charge is 2.30. The second-order valence-electron chi connectivity index (χ2n) is 5.61. The molecule has 0 saturated heterocycles. The molecule has 132 valence electrons. The molecule has 0 heterocycles. The average molecular weight is 345 g/mol. The van der Waals surface area contributed by atoms with Crippen molar-refractivity contribution in [1.82, 2.24) is 10.2 Å². The van der Waals surface area contributed by atoms with Crippen molar-refractivity contribution in [3.05, 3.63) is 0 Å². The van der Waals surface area contributed by atoms with Crippen LogP contribution >= 0.6 is 0 Å². The zero-order valence-electron chi connectivity index (χ0n) is 14.3. The Labute approximate surface area is 138 Å². The fourth-order valence-corrected chi connectivity index (χ4v) is 3.17. The number of nitrogens with one attached hydrogen (secondary N) is 1. The molecule has 0 aliphatic rings. The standard InChI is InChI=1S/C15H27N3O4S/c1-5-8-12(9-6-2)14(19)17-13(10-23(4,21)22)15(20)18(7-3)11-16/h12-13H,5-10H2,1-4H3,(H,17,19). The first-order valence-electron chi connectivity index (χ1n) is 7.89. The second-order valence-corrected chi connectivity index (χ2v) is 7.80. The largest absolute Gasteiger partial charge is 0.343 e. The number of hydrogen-bond acceptors (Lipinski definition) is 5. The van der Waals surface area contributed by atoms with Gasteiger partial charge in [0.25, 0.3) is 5.91 Å². The molecule has 0 aromatic rings. The average Bonchev–Trinajstić information content (AvgIpc) is 2.46. The predicted octanol–water partition coefficient (Wildman–Crippen LogP) is 1.06. The number of rotatable bonds is 10. The van der Waals surface area contributed by atoms with Crippen LogP contribution in [-0.2, 0) is 19.4 Å². The molecular weight excluding hydrogens is 318 g/mol. The van der Waals surface area contributed by atoms with Gasteiger partial charge in [-0.3, -0.25) is 9.59 Å². The van der Waals surface area contributed by atoms with E-state index in [9.17, 15) is 18.0 Å². The SMILES string of the molecule is CCCC(CCC)C(=O)NC(CS(C)(=O)=O)C(=O)N(C#N)CC. The minimum absolute atomic E-state index is 0.124. The lowest BCUT2D eigenvalue weighted by atomic mass is 9.97. The van der Waals surface area contributed by atoms with Crippen LogP contribution in [0.4, 0.5) is 0 Å². The maximum Gasteiger partial charge on any atom is 0.259 e.